The largest absolute Gasteiger partial charge is 0.481 e. The quantitative estimate of drug-likeness (QED) is 0.810. The Morgan fingerprint density at radius 3 is 2.59 bits per heavy atom. The highest BCUT2D eigenvalue weighted by atomic mass is 16.5. The van der Waals surface area contributed by atoms with E-state index in [0.29, 0.717) is 19.8 Å². The molecule has 1 unspecified atom stereocenters. The van der Waals surface area contributed by atoms with Crippen LogP contribution < -0.4 is 5.32 Å². The summed E-state index contributed by atoms with van der Waals surface area (Å²) in [4.78, 5) is 11.1. The van der Waals surface area contributed by atoms with Crippen molar-refractivity contribution in [1.82, 2.24) is 5.32 Å². The van der Waals surface area contributed by atoms with Gasteiger partial charge in [0, 0.05) is 12.6 Å². The fourth-order valence-electron chi connectivity index (χ4n) is 1.86. The van der Waals surface area contributed by atoms with Crippen molar-refractivity contribution in [1.29, 1.82) is 0 Å². The molecule has 4 heteroatoms. The maximum absolute atomic E-state index is 11.1. The van der Waals surface area contributed by atoms with E-state index in [0.717, 1.165) is 5.56 Å². The van der Waals surface area contributed by atoms with Crippen molar-refractivity contribution in [3.63, 3.8) is 0 Å². The van der Waals surface area contributed by atoms with E-state index >= 15 is 0 Å². The molecule has 0 aliphatic carbocycles. The van der Waals surface area contributed by atoms with Crippen LogP contribution in [0.15, 0.2) is 30.3 Å². The smallest absolute Gasteiger partial charge is 0.315 e. The molecule has 4 nitrogen and oxygen atoms in total. The molecule has 1 aliphatic heterocycles. The third-order valence-corrected chi connectivity index (χ3v) is 3.26. The highest BCUT2D eigenvalue weighted by Gasteiger charge is 2.46. The molecule has 1 heterocycles. The Bertz CT molecular complexity index is 387. The Balaban J connectivity index is 1.92. The summed E-state index contributed by atoms with van der Waals surface area (Å²) in [5.41, 5.74) is 0.427. The third kappa shape index (κ3) is 2.48. The fourth-order valence-corrected chi connectivity index (χ4v) is 1.86. The number of rotatable bonds is 5. The van der Waals surface area contributed by atoms with Gasteiger partial charge >= 0.3 is 5.97 Å². The zero-order valence-corrected chi connectivity index (χ0v) is 9.85. The number of hydrogen-bond donors (Lipinski definition) is 2. The highest BCUT2D eigenvalue weighted by Crippen LogP contribution is 2.27. The van der Waals surface area contributed by atoms with Crippen LogP contribution in [0.5, 0.6) is 0 Å². The van der Waals surface area contributed by atoms with Crippen LogP contribution in [0.1, 0.15) is 18.5 Å². The lowest BCUT2D eigenvalue weighted by atomic mass is 9.85. The van der Waals surface area contributed by atoms with Crippen molar-refractivity contribution in [3.8, 4) is 0 Å². The molecule has 0 radical (unpaired) electrons. The normalized spacial score (nSPS) is 19.4. The van der Waals surface area contributed by atoms with Gasteiger partial charge in [-0.05, 0) is 12.5 Å². The first-order valence-corrected chi connectivity index (χ1v) is 5.73. The van der Waals surface area contributed by atoms with Crippen LogP contribution in [-0.4, -0.2) is 30.8 Å². The average Bonchev–Trinajstić information content (AvgIpc) is 2.28. The summed E-state index contributed by atoms with van der Waals surface area (Å²) in [5, 5.41) is 12.4. The average molecular weight is 235 g/mol. The topological polar surface area (TPSA) is 58.6 Å². The monoisotopic (exact) mass is 235 g/mol. The second-order valence-corrected chi connectivity index (χ2v) is 4.59. The van der Waals surface area contributed by atoms with Crippen molar-refractivity contribution in [2.75, 3.05) is 19.8 Å². The van der Waals surface area contributed by atoms with E-state index in [1.165, 1.54) is 0 Å². The molecule has 0 aromatic heterocycles. The lowest BCUT2D eigenvalue weighted by molar-refractivity contribution is -0.178. The number of aliphatic carboxylic acids is 1. The van der Waals surface area contributed by atoms with Gasteiger partial charge in [0.05, 0.1) is 13.2 Å². The first kappa shape index (κ1) is 12.1. The number of nitrogens with one attached hydrogen (secondary N) is 1. The van der Waals surface area contributed by atoms with Crippen LogP contribution in [-0.2, 0) is 9.53 Å². The van der Waals surface area contributed by atoms with E-state index in [9.17, 15) is 4.79 Å². The van der Waals surface area contributed by atoms with Gasteiger partial charge in [-0.15, -0.1) is 0 Å². The van der Waals surface area contributed by atoms with Crippen molar-refractivity contribution in [3.05, 3.63) is 35.9 Å². The highest BCUT2D eigenvalue weighted by molar-refractivity contribution is 5.76. The molecule has 92 valence electrons. The molecule has 0 spiro atoms. The Hall–Kier alpha value is -1.39. The summed E-state index contributed by atoms with van der Waals surface area (Å²) in [6, 6.07) is 10.1. The summed E-state index contributed by atoms with van der Waals surface area (Å²) >= 11 is 0. The standard InChI is InChI=1S/C13H17NO3/c1-10(11-5-3-2-4-6-11)14-7-13(12(15)16)8-17-9-13/h2-6,10,14H,7-9H2,1H3,(H,15,16). The van der Waals surface area contributed by atoms with Gasteiger partial charge in [-0.1, -0.05) is 30.3 Å². The summed E-state index contributed by atoms with van der Waals surface area (Å²) in [6.07, 6.45) is 0. The number of hydrogen-bond acceptors (Lipinski definition) is 3. The van der Waals surface area contributed by atoms with Crippen molar-refractivity contribution in [2.24, 2.45) is 5.41 Å². The summed E-state index contributed by atoms with van der Waals surface area (Å²) in [6.45, 7) is 3.08. The van der Waals surface area contributed by atoms with Gasteiger partial charge in [0.25, 0.3) is 0 Å². The van der Waals surface area contributed by atoms with Crippen molar-refractivity contribution < 1.29 is 14.6 Å². The molecule has 1 atom stereocenters. The van der Waals surface area contributed by atoms with Crippen LogP contribution >= 0.6 is 0 Å². The third-order valence-electron chi connectivity index (χ3n) is 3.26. The Kier molecular flexibility index (Phi) is 3.45. The number of carbonyl (C=O) groups is 1. The molecule has 0 amide bonds. The van der Waals surface area contributed by atoms with E-state index < -0.39 is 11.4 Å². The number of carboxylic acids is 1. The molecule has 1 saturated heterocycles. The van der Waals surface area contributed by atoms with Crippen LogP contribution in [0.2, 0.25) is 0 Å². The summed E-state index contributed by atoms with van der Waals surface area (Å²) < 4.78 is 5.02. The lowest BCUT2D eigenvalue weighted by Crippen LogP contribution is -2.55. The van der Waals surface area contributed by atoms with Crippen LogP contribution in [0.3, 0.4) is 0 Å². The predicted molar refractivity (Wildman–Crippen MR) is 63.7 cm³/mol. The molecule has 1 fully saturated rings. The maximum Gasteiger partial charge on any atom is 0.315 e. The lowest BCUT2D eigenvalue weighted by Gasteiger charge is -2.38. The van der Waals surface area contributed by atoms with Gasteiger partial charge in [0.2, 0.25) is 0 Å². The number of carboxylic acid groups (broad SMARTS) is 1. The molecule has 17 heavy (non-hydrogen) atoms. The van der Waals surface area contributed by atoms with Gasteiger partial charge < -0.3 is 15.2 Å². The van der Waals surface area contributed by atoms with Crippen molar-refractivity contribution in [2.45, 2.75) is 13.0 Å². The van der Waals surface area contributed by atoms with E-state index in [-0.39, 0.29) is 6.04 Å². The number of ether oxygens (including phenoxy) is 1. The summed E-state index contributed by atoms with van der Waals surface area (Å²) in [5.74, 6) is -0.781. The minimum absolute atomic E-state index is 0.146. The molecule has 1 aromatic carbocycles. The summed E-state index contributed by atoms with van der Waals surface area (Å²) in [7, 11) is 0. The van der Waals surface area contributed by atoms with Gasteiger partial charge in [-0.2, -0.15) is 0 Å². The van der Waals surface area contributed by atoms with Gasteiger partial charge in [0.1, 0.15) is 5.41 Å². The fraction of sp³-hybridized carbons (Fsp3) is 0.462. The Morgan fingerprint density at radius 2 is 2.12 bits per heavy atom. The minimum Gasteiger partial charge on any atom is -0.481 e. The zero-order valence-electron chi connectivity index (χ0n) is 9.85. The van der Waals surface area contributed by atoms with Crippen LogP contribution in [0.25, 0.3) is 0 Å². The molecule has 0 bridgehead atoms. The SMILES string of the molecule is CC(NCC1(C(=O)O)COC1)c1ccccc1. The first-order chi connectivity index (χ1) is 8.14. The van der Waals surface area contributed by atoms with Gasteiger partial charge in [0.15, 0.2) is 0 Å². The molecule has 2 N–H and O–H groups in total. The second kappa shape index (κ2) is 4.85. The molecule has 1 aromatic rings. The van der Waals surface area contributed by atoms with Crippen LogP contribution in [0.4, 0.5) is 0 Å². The molecular weight excluding hydrogens is 218 g/mol. The minimum atomic E-state index is -0.781. The Labute approximate surface area is 101 Å². The molecule has 2 rings (SSSR count). The maximum atomic E-state index is 11.1. The zero-order chi connectivity index (χ0) is 12.3. The molecule has 0 saturated carbocycles. The molecule has 1 aliphatic rings. The van der Waals surface area contributed by atoms with E-state index in [2.05, 4.69) is 5.32 Å². The van der Waals surface area contributed by atoms with E-state index in [1.54, 1.807) is 0 Å². The van der Waals surface area contributed by atoms with E-state index in [4.69, 9.17) is 9.84 Å². The van der Waals surface area contributed by atoms with Crippen LogP contribution in [0, 0.1) is 5.41 Å². The Morgan fingerprint density at radius 1 is 1.47 bits per heavy atom. The second-order valence-electron chi connectivity index (χ2n) is 4.59. The van der Waals surface area contributed by atoms with Gasteiger partial charge in [-0.25, -0.2) is 0 Å². The van der Waals surface area contributed by atoms with Crippen molar-refractivity contribution >= 4 is 5.97 Å². The van der Waals surface area contributed by atoms with E-state index in [1.807, 2.05) is 37.3 Å². The van der Waals surface area contributed by atoms with Gasteiger partial charge in [-0.3, -0.25) is 4.79 Å². The molecular formula is C13H17NO3. The first-order valence-electron chi connectivity index (χ1n) is 5.73. The predicted octanol–water partition coefficient (Wildman–Crippen LogP) is 1.44. The number of benzene rings is 1.